The Kier molecular flexibility index (Phi) is 7.16. The number of likely N-dealkylation sites (tertiary alicyclic amines) is 1. The van der Waals surface area contributed by atoms with Gasteiger partial charge in [0, 0.05) is 30.9 Å². The lowest BCUT2D eigenvalue weighted by Crippen LogP contribution is -2.46. The van der Waals surface area contributed by atoms with Crippen molar-refractivity contribution in [2.24, 2.45) is 11.8 Å². The van der Waals surface area contributed by atoms with Crippen LogP contribution in [0.1, 0.15) is 54.8 Å². The fourth-order valence-electron chi connectivity index (χ4n) is 4.99. The van der Waals surface area contributed by atoms with E-state index < -0.39 is 0 Å². The average molecular weight is 399 g/mol. The van der Waals surface area contributed by atoms with Gasteiger partial charge in [-0.15, -0.1) is 11.3 Å². The molecule has 0 N–H and O–H groups in total. The van der Waals surface area contributed by atoms with E-state index in [0.717, 1.165) is 29.5 Å². The molecule has 0 spiro atoms. The Morgan fingerprint density at radius 2 is 1.93 bits per heavy atom. The minimum absolute atomic E-state index is 0.338. The average Bonchev–Trinajstić information content (AvgIpc) is 3.14. The van der Waals surface area contributed by atoms with Crippen LogP contribution < -0.4 is 0 Å². The smallest absolute Gasteiger partial charge is 0.0900 e. The fourth-order valence-corrected chi connectivity index (χ4v) is 5.58. The van der Waals surface area contributed by atoms with Crippen molar-refractivity contribution in [3.63, 3.8) is 0 Å². The molecule has 1 aromatic heterocycles. The highest BCUT2D eigenvalue weighted by molar-refractivity contribution is 7.09. The number of ether oxygens (including phenoxy) is 1. The number of hydrogen-bond donors (Lipinski definition) is 0. The molecule has 0 unspecified atom stereocenters. The molecule has 1 aliphatic carbocycles. The largest absolute Gasteiger partial charge is 0.371 e. The number of hydrogen-bond acceptors (Lipinski definition) is 4. The van der Waals surface area contributed by atoms with Crippen molar-refractivity contribution in [1.82, 2.24) is 9.88 Å². The van der Waals surface area contributed by atoms with E-state index in [1.165, 1.54) is 57.3 Å². The summed E-state index contributed by atoms with van der Waals surface area (Å²) in [7, 11) is 0. The summed E-state index contributed by atoms with van der Waals surface area (Å²) in [6, 6.07) is 11.0. The fraction of sp³-hybridized carbons (Fsp3) is 0.625. The van der Waals surface area contributed by atoms with Crippen molar-refractivity contribution >= 4 is 11.3 Å². The molecule has 0 amide bonds. The third-order valence-electron chi connectivity index (χ3n) is 6.44. The van der Waals surface area contributed by atoms with Gasteiger partial charge in [-0.1, -0.05) is 49.6 Å². The van der Waals surface area contributed by atoms with Crippen LogP contribution in [0, 0.1) is 18.8 Å². The third-order valence-corrected chi connectivity index (χ3v) is 7.26. The molecule has 152 valence electrons. The van der Waals surface area contributed by atoms with E-state index in [1.54, 1.807) is 11.3 Å². The van der Waals surface area contributed by atoms with Crippen LogP contribution in [0.5, 0.6) is 0 Å². The molecule has 2 aliphatic rings. The van der Waals surface area contributed by atoms with Crippen molar-refractivity contribution in [1.29, 1.82) is 0 Å². The molecule has 2 atom stereocenters. The van der Waals surface area contributed by atoms with Gasteiger partial charge >= 0.3 is 0 Å². The topological polar surface area (TPSA) is 25.4 Å². The van der Waals surface area contributed by atoms with E-state index in [-0.39, 0.29) is 0 Å². The molecule has 1 aromatic carbocycles. The van der Waals surface area contributed by atoms with E-state index in [2.05, 4.69) is 52.5 Å². The van der Waals surface area contributed by atoms with Gasteiger partial charge in [0.15, 0.2) is 0 Å². The lowest BCUT2D eigenvalue weighted by molar-refractivity contribution is -0.0461. The van der Waals surface area contributed by atoms with Crippen LogP contribution in [0.15, 0.2) is 35.7 Å². The van der Waals surface area contributed by atoms with E-state index >= 15 is 0 Å². The summed E-state index contributed by atoms with van der Waals surface area (Å²) >= 11 is 1.71. The molecule has 1 aliphatic heterocycles. The summed E-state index contributed by atoms with van der Waals surface area (Å²) in [6.07, 6.45) is 9.78. The van der Waals surface area contributed by atoms with Crippen LogP contribution in [-0.2, 0) is 17.8 Å². The first-order chi connectivity index (χ1) is 13.8. The van der Waals surface area contributed by atoms with E-state index in [4.69, 9.17) is 4.74 Å². The summed E-state index contributed by atoms with van der Waals surface area (Å²) in [5.41, 5.74) is 2.52. The minimum atomic E-state index is 0.338. The van der Waals surface area contributed by atoms with E-state index in [9.17, 15) is 0 Å². The molecule has 2 aromatic rings. The second-order valence-electron chi connectivity index (χ2n) is 8.71. The van der Waals surface area contributed by atoms with Gasteiger partial charge in [0.05, 0.1) is 23.4 Å². The van der Waals surface area contributed by atoms with Gasteiger partial charge in [-0.2, -0.15) is 0 Å². The van der Waals surface area contributed by atoms with Crippen molar-refractivity contribution in [2.75, 3.05) is 19.6 Å². The first kappa shape index (κ1) is 20.1. The zero-order valence-corrected chi connectivity index (χ0v) is 18.0. The maximum absolute atomic E-state index is 6.42. The second kappa shape index (κ2) is 10.00. The van der Waals surface area contributed by atoms with Gasteiger partial charge in [0.1, 0.15) is 0 Å². The molecular formula is C24H34N2OS. The van der Waals surface area contributed by atoms with E-state index in [0.29, 0.717) is 18.6 Å². The van der Waals surface area contributed by atoms with Gasteiger partial charge < -0.3 is 9.64 Å². The quantitative estimate of drug-likeness (QED) is 0.617. The maximum atomic E-state index is 6.42. The molecule has 0 bridgehead atoms. The van der Waals surface area contributed by atoms with Crippen molar-refractivity contribution < 1.29 is 4.74 Å². The Hall–Kier alpha value is -1.23. The lowest BCUT2D eigenvalue weighted by atomic mass is 9.85. The summed E-state index contributed by atoms with van der Waals surface area (Å²) in [4.78, 5) is 7.31. The molecule has 4 rings (SSSR count). The Morgan fingerprint density at radius 3 is 2.68 bits per heavy atom. The van der Waals surface area contributed by atoms with Gasteiger partial charge in [-0.25, -0.2) is 4.98 Å². The van der Waals surface area contributed by atoms with Gasteiger partial charge in [-0.05, 0) is 44.1 Å². The molecule has 28 heavy (non-hydrogen) atoms. The molecule has 2 fully saturated rings. The maximum Gasteiger partial charge on any atom is 0.0900 e. The highest BCUT2D eigenvalue weighted by Crippen LogP contribution is 2.29. The molecule has 0 radical (unpaired) electrons. The third kappa shape index (κ3) is 5.65. The van der Waals surface area contributed by atoms with Gasteiger partial charge in [0.25, 0.3) is 0 Å². The van der Waals surface area contributed by atoms with Crippen LogP contribution in [-0.4, -0.2) is 35.6 Å². The van der Waals surface area contributed by atoms with Crippen LogP contribution in [0.4, 0.5) is 0 Å². The van der Waals surface area contributed by atoms with Crippen molar-refractivity contribution in [2.45, 2.75) is 64.6 Å². The van der Waals surface area contributed by atoms with E-state index in [1.807, 2.05) is 0 Å². The Bertz CT molecular complexity index is 710. The molecule has 2 heterocycles. The first-order valence-electron chi connectivity index (χ1n) is 11.0. The SMILES string of the molecule is Cc1nc(CO[C@H]2CCN(CC3CCCCC3)C[C@H]2Cc2ccccc2)cs1. The van der Waals surface area contributed by atoms with Crippen molar-refractivity contribution in [3.05, 3.63) is 52.0 Å². The van der Waals surface area contributed by atoms with Crippen LogP contribution in [0.2, 0.25) is 0 Å². The zero-order chi connectivity index (χ0) is 19.2. The van der Waals surface area contributed by atoms with Crippen LogP contribution >= 0.6 is 11.3 Å². The molecular weight excluding hydrogens is 364 g/mol. The van der Waals surface area contributed by atoms with Gasteiger partial charge in [0.2, 0.25) is 0 Å². The predicted molar refractivity (Wildman–Crippen MR) is 117 cm³/mol. The summed E-state index contributed by atoms with van der Waals surface area (Å²) in [5.74, 6) is 1.49. The Morgan fingerprint density at radius 1 is 1.11 bits per heavy atom. The Balaban J connectivity index is 1.38. The number of aryl methyl sites for hydroxylation is 1. The van der Waals surface area contributed by atoms with Gasteiger partial charge in [-0.3, -0.25) is 0 Å². The number of rotatable bonds is 7. The van der Waals surface area contributed by atoms with Crippen molar-refractivity contribution in [3.8, 4) is 0 Å². The second-order valence-corrected chi connectivity index (χ2v) is 9.77. The highest BCUT2D eigenvalue weighted by atomic mass is 32.1. The number of thiazole rings is 1. The van der Waals surface area contributed by atoms with Crippen LogP contribution in [0.25, 0.3) is 0 Å². The molecule has 4 heteroatoms. The van der Waals surface area contributed by atoms with Crippen LogP contribution in [0.3, 0.4) is 0 Å². The summed E-state index contributed by atoms with van der Waals surface area (Å²) < 4.78 is 6.42. The predicted octanol–water partition coefficient (Wildman–Crippen LogP) is 5.48. The summed E-state index contributed by atoms with van der Waals surface area (Å²) in [5, 5.41) is 3.27. The normalized spacial score (nSPS) is 24.5. The number of piperidine rings is 1. The Labute approximate surface area is 174 Å². The molecule has 3 nitrogen and oxygen atoms in total. The lowest BCUT2D eigenvalue weighted by Gasteiger charge is -2.40. The molecule has 1 saturated heterocycles. The monoisotopic (exact) mass is 398 g/mol. The standard InChI is InChI=1S/C24H34N2OS/c1-19-25-23(18-28-19)17-27-24-12-13-26(15-21-10-6-3-7-11-21)16-22(24)14-20-8-4-2-5-9-20/h2,4-5,8-9,18,21-22,24H,3,6-7,10-17H2,1H3/t22-,24+/m1/s1. The molecule has 1 saturated carbocycles. The summed E-state index contributed by atoms with van der Waals surface area (Å²) in [6.45, 7) is 6.37. The highest BCUT2D eigenvalue weighted by Gasteiger charge is 2.31. The first-order valence-corrected chi connectivity index (χ1v) is 11.9. The number of aromatic nitrogens is 1. The minimum Gasteiger partial charge on any atom is -0.371 e. The number of benzene rings is 1. The zero-order valence-electron chi connectivity index (χ0n) is 17.2. The number of nitrogens with zero attached hydrogens (tertiary/aromatic N) is 2.